The Morgan fingerprint density at radius 1 is 1.08 bits per heavy atom. The van der Waals surface area contributed by atoms with Crippen molar-refractivity contribution in [3.8, 4) is 0 Å². The molecule has 0 unspecified atom stereocenters. The fourth-order valence-electron chi connectivity index (χ4n) is 0.875. The van der Waals surface area contributed by atoms with Gasteiger partial charge < -0.3 is 4.52 Å². The van der Waals surface area contributed by atoms with Crippen molar-refractivity contribution in [1.82, 2.24) is 10.4 Å². The lowest BCUT2D eigenvalue weighted by molar-refractivity contribution is 0.420. The van der Waals surface area contributed by atoms with E-state index in [1.807, 2.05) is 0 Å². The first-order chi connectivity index (χ1) is 6.13. The number of nitrogens with zero attached hydrogens (tertiary/aromatic N) is 2. The Balaban J connectivity index is 3.02. The van der Waals surface area contributed by atoms with Crippen LogP contribution in [0.15, 0.2) is 4.52 Å². The fourth-order valence-corrected chi connectivity index (χ4v) is 2.05. The summed E-state index contributed by atoms with van der Waals surface area (Å²) >= 11 is 3.31. The summed E-state index contributed by atoms with van der Waals surface area (Å²) in [6, 6.07) is 0. The van der Waals surface area contributed by atoms with E-state index < -0.39 is 11.6 Å². The van der Waals surface area contributed by atoms with Crippen LogP contribution in [-0.2, 0) is 0 Å². The molecule has 0 atom stereocenters. The maximum atomic E-state index is 13.1. The summed E-state index contributed by atoms with van der Waals surface area (Å²) in [5.74, 6) is -1.83. The van der Waals surface area contributed by atoms with Crippen molar-refractivity contribution < 1.29 is 13.3 Å². The van der Waals surface area contributed by atoms with E-state index in [-0.39, 0.29) is 18.2 Å². The summed E-state index contributed by atoms with van der Waals surface area (Å²) in [6.45, 7) is 0. The lowest BCUT2D eigenvalue weighted by Crippen LogP contribution is -1.94. The van der Waals surface area contributed by atoms with Gasteiger partial charge >= 0.3 is 0 Å². The topological polar surface area (TPSA) is 38.9 Å². The smallest absolute Gasteiger partial charge is 0.205 e. The predicted molar refractivity (Wildman–Crippen MR) is 57.2 cm³/mol. The number of halogens is 4. The SMILES string of the molecule is Fc1c(F)c(I)c2onnc2c1I. The maximum absolute atomic E-state index is 13.1. The van der Waals surface area contributed by atoms with Gasteiger partial charge in [-0.1, -0.05) is 0 Å². The fraction of sp³-hybridized carbons (Fsp3) is 0. The van der Waals surface area contributed by atoms with Crippen LogP contribution in [0.4, 0.5) is 8.78 Å². The molecule has 0 saturated heterocycles. The molecular weight excluding hydrogens is 408 g/mol. The van der Waals surface area contributed by atoms with Gasteiger partial charge in [-0.2, -0.15) is 0 Å². The number of rotatable bonds is 0. The molecule has 1 heterocycles. The highest BCUT2D eigenvalue weighted by Crippen LogP contribution is 2.29. The maximum Gasteiger partial charge on any atom is 0.205 e. The zero-order valence-corrected chi connectivity index (χ0v) is 10.1. The van der Waals surface area contributed by atoms with Crippen LogP contribution in [0.5, 0.6) is 0 Å². The summed E-state index contributed by atoms with van der Waals surface area (Å²) in [7, 11) is 0. The van der Waals surface area contributed by atoms with Crippen LogP contribution in [0.2, 0.25) is 0 Å². The lowest BCUT2D eigenvalue weighted by atomic mass is 10.3. The van der Waals surface area contributed by atoms with Crippen molar-refractivity contribution in [3.63, 3.8) is 0 Å². The molecule has 0 saturated carbocycles. The summed E-state index contributed by atoms with van der Waals surface area (Å²) in [4.78, 5) is 0. The van der Waals surface area contributed by atoms with Gasteiger partial charge in [-0.05, 0) is 45.2 Å². The van der Waals surface area contributed by atoms with Crippen LogP contribution < -0.4 is 0 Å². The Kier molecular flexibility index (Phi) is 2.38. The molecule has 1 aromatic carbocycles. The number of benzene rings is 1. The van der Waals surface area contributed by atoms with E-state index in [0.29, 0.717) is 0 Å². The average Bonchev–Trinajstić information content (AvgIpc) is 2.59. The summed E-state index contributed by atoms with van der Waals surface area (Å²) in [5.41, 5.74) is 0.438. The Morgan fingerprint density at radius 2 is 1.69 bits per heavy atom. The van der Waals surface area contributed by atoms with E-state index in [1.165, 1.54) is 0 Å². The Hall–Kier alpha value is -0.0600. The van der Waals surface area contributed by atoms with Crippen molar-refractivity contribution in [2.24, 2.45) is 0 Å². The minimum atomic E-state index is -0.920. The zero-order chi connectivity index (χ0) is 9.59. The normalized spacial score (nSPS) is 11.1. The van der Waals surface area contributed by atoms with Crippen LogP contribution in [-0.4, -0.2) is 10.4 Å². The highest BCUT2D eigenvalue weighted by Gasteiger charge is 2.20. The molecule has 0 spiro atoms. The van der Waals surface area contributed by atoms with Crippen molar-refractivity contribution in [1.29, 1.82) is 0 Å². The molecule has 0 fully saturated rings. The predicted octanol–water partition coefficient (Wildman–Crippen LogP) is 2.71. The van der Waals surface area contributed by atoms with Crippen LogP contribution in [0.3, 0.4) is 0 Å². The van der Waals surface area contributed by atoms with Crippen molar-refractivity contribution in [2.45, 2.75) is 0 Å². The molecule has 0 amide bonds. The van der Waals surface area contributed by atoms with E-state index in [2.05, 4.69) is 14.9 Å². The molecule has 3 nitrogen and oxygen atoms in total. The van der Waals surface area contributed by atoms with Crippen molar-refractivity contribution in [2.75, 3.05) is 0 Å². The Morgan fingerprint density at radius 3 is 2.38 bits per heavy atom. The minimum Gasteiger partial charge on any atom is -0.336 e. The molecule has 0 aliphatic heterocycles. The quantitative estimate of drug-likeness (QED) is 0.383. The molecule has 0 radical (unpaired) electrons. The molecule has 0 aliphatic carbocycles. The highest BCUT2D eigenvalue weighted by atomic mass is 127. The average molecular weight is 408 g/mol. The van der Waals surface area contributed by atoms with E-state index in [9.17, 15) is 8.78 Å². The first-order valence-corrected chi connectivity index (χ1v) is 5.22. The molecule has 0 bridgehead atoms. The summed E-state index contributed by atoms with van der Waals surface area (Å²) < 4.78 is 31.0. The second-order valence-corrected chi connectivity index (χ2v) is 4.36. The third-order valence-corrected chi connectivity index (χ3v) is 3.42. The number of hydrogen-bond donors (Lipinski definition) is 0. The molecule has 68 valence electrons. The highest BCUT2D eigenvalue weighted by molar-refractivity contribution is 14.1. The summed E-state index contributed by atoms with van der Waals surface area (Å²) in [6.07, 6.45) is 0. The van der Waals surface area contributed by atoms with Gasteiger partial charge in [-0.3, -0.25) is 0 Å². The van der Waals surface area contributed by atoms with E-state index in [4.69, 9.17) is 0 Å². The van der Waals surface area contributed by atoms with Crippen molar-refractivity contribution >= 4 is 56.3 Å². The van der Waals surface area contributed by atoms with E-state index in [0.717, 1.165) is 0 Å². The second-order valence-electron chi connectivity index (χ2n) is 2.21. The zero-order valence-electron chi connectivity index (χ0n) is 5.81. The van der Waals surface area contributed by atoms with Crippen LogP contribution in [0.1, 0.15) is 0 Å². The van der Waals surface area contributed by atoms with Gasteiger partial charge in [0.25, 0.3) is 0 Å². The van der Waals surface area contributed by atoms with E-state index in [1.54, 1.807) is 45.2 Å². The van der Waals surface area contributed by atoms with Gasteiger partial charge in [0.1, 0.15) is 0 Å². The van der Waals surface area contributed by atoms with Crippen LogP contribution in [0, 0.1) is 18.8 Å². The number of fused-ring (bicyclic) bond motifs is 1. The third kappa shape index (κ3) is 1.32. The van der Waals surface area contributed by atoms with Gasteiger partial charge in [0.2, 0.25) is 5.58 Å². The lowest BCUT2D eigenvalue weighted by Gasteiger charge is -1.98. The van der Waals surface area contributed by atoms with Crippen molar-refractivity contribution in [3.05, 3.63) is 18.8 Å². The van der Waals surface area contributed by atoms with Gasteiger partial charge in [-0.25, -0.2) is 8.78 Å². The van der Waals surface area contributed by atoms with Crippen LogP contribution in [0.25, 0.3) is 11.1 Å². The van der Waals surface area contributed by atoms with Gasteiger partial charge in [0, 0.05) is 5.27 Å². The van der Waals surface area contributed by atoms with Gasteiger partial charge in [-0.15, -0.1) is 5.10 Å². The molecule has 0 aliphatic rings. The third-order valence-electron chi connectivity index (χ3n) is 1.47. The Labute approximate surface area is 98.1 Å². The minimum absolute atomic E-state index is 0.0653. The van der Waals surface area contributed by atoms with E-state index >= 15 is 0 Å². The summed E-state index contributed by atoms with van der Waals surface area (Å²) in [5, 5.41) is 6.78. The Bertz CT molecular complexity index is 443. The van der Waals surface area contributed by atoms with Gasteiger partial charge in [0.15, 0.2) is 17.2 Å². The molecule has 1 aromatic heterocycles. The first kappa shape index (κ1) is 9.49. The molecule has 2 rings (SSSR count). The molecule has 13 heavy (non-hydrogen) atoms. The first-order valence-electron chi connectivity index (χ1n) is 3.07. The van der Waals surface area contributed by atoms with Crippen LogP contribution >= 0.6 is 45.2 Å². The molecule has 2 aromatic rings. The molecule has 0 N–H and O–H groups in total. The number of hydrogen-bond acceptors (Lipinski definition) is 3. The molecular formula is C6F2I2N2O. The molecule has 7 heteroatoms. The number of aromatic nitrogens is 2. The van der Waals surface area contributed by atoms with Gasteiger partial charge in [0.05, 0.1) is 7.14 Å². The monoisotopic (exact) mass is 408 g/mol. The standard InChI is InChI=1S/C6F2I2N2O/c7-1-2(8)4(10)6-5(3(1)9)11-12-13-6. The largest absolute Gasteiger partial charge is 0.336 e. The second kappa shape index (κ2) is 3.26.